The van der Waals surface area contributed by atoms with E-state index in [0.29, 0.717) is 55.1 Å². The van der Waals surface area contributed by atoms with Crippen LogP contribution in [-0.4, -0.2) is 89.1 Å². The maximum absolute atomic E-state index is 13.3. The van der Waals surface area contributed by atoms with Crippen LogP contribution in [0.2, 0.25) is 25.7 Å². The van der Waals surface area contributed by atoms with Crippen LogP contribution in [0.15, 0.2) is 12.4 Å². The Hall–Kier alpha value is -2.70. The lowest BCUT2D eigenvalue weighted by Crippen LogP contribution is -2.62. The van der Waals surface area contributed by atoms with E-state index in [2.05, 4.69) is 56.0 Å². The number of carboxylic acid groups (broad SMARTS) is 1. The minimum absolute atomic E-state index is 0.00226. The first-order valence-corrected chi connectivity index (χ1v) is 17.8. The Morgan fingerprint density at radius 2 is 2.00 bits per heavy atom. The Balaban J connectivity index is 1.88. The van der Waals surface area contributed by atoms with Gasteiger partial charge >= 0.3 is 6.09 Å². The van der Waals surface area contributed by atoms with Gasteiger partial charge in [-0.15, -0.1) is 0 Å². The first kappa shape index (κ1) is 31.8. The number of ether oxygens (including phenoxy) is 2. The molecule has 3 heterocycles. The first-order valence-electron chi connectivity index (χ1n) is 14.1. The molecule has 0 radical (unpaired) electrons. The third-order valence-corrected chi connectivity index (χ3v) is 9.67. The molecule has 0 aromatic carbocycles. The van der Waals surface area contributed by atoms with E-state index >= 15 is 0 Å². The Bertz CT molecular complexity index is 1190. The molecular formula is C28H48N6O5Si. The molecule has 224 valence electrons. The van der Waals surface area contributed by atoms with Crippen molar-refractivity contribution in [3.63, 3.8) is 0 Å². The Kier molecular flexibility index (Phi) is 9.89. The van der Waals surface area contributed by atoms with Gasteiger partial charge in [0.15, 0.2) is 5.65 Å². The number of anilines is 1. The molecule has 2 aromatic heterocycles. The van der Waals surface area contributed by atoms with Gasteiger partial charge < -0.3 is 34.7 Å². The van der Waals surface area contributed by atoms with Crippen molar-refractivity contribution in [2.24, 2.45) is 5.41 Å². The fraction of sp³-hybridized carbons (Fsp3) is 0.714. The molecule has 40 heavy (non-hydrogen) atoms. The number of rotatable bonds is 11. The van der Waals surface area contributed by atoms with E-state index in [1.807, 2.05) is 18.4 Å². The Labute approximate surface area is 239 Å². The number of nitrogens with one attached hydrogen (secondary N) is 2. The van der Waals surface area contributed by atoms with Crippen molar-refractivity contribution in [1.82, 2.24) is 24.8 Å². The zero-order chi connectivity index (χ0) is 29.9. The summed E-state index contributed by atoms with van der Waals surface area (Å²) in [6.07, 6.45) is 3.79. The van der Waals surface area contributed by atoms with Crippen molar-refractivity contribution in [2.75, 3.05) is 32.2 Å². The highest BCUT2D eigenvalue weighted by Gasteiger charge is 2.49. The third-order valence-electron chi connectivity index (χ3n) is 7.97. The van der Waals surface area contributed by atoms with E-state index in [0.717, 1.165) is 6.04 Å². The number of carbonyl (C=O) groups is 2. The largest absolute Gasteiger partial charge is 0.465 e. The summed E-state index contributed by atoms with van der Waals surface area (Å²) in [7, 11) is 0.366. The van der Waals surface area contributed by atoms with Crippen molar-refractivity contribution in [3.8, 4) is 0 Å². The molecule has 3 rings (SSSR count). The zero-order valence-corrected chi connectivity index (χ0v) is 26.6. The molecular weight excluding hydrogens is 528 g/mol. The number of likely N-dealkylation sites (tertiary alicyclic amines) is 1. The molecule has 1 saturated heterocycles. The summed E-state index contributed by atoms with van der Waals surface area (Å²) in [5.74, 6) is 0.297. The van der Waals surface area contributed by atoms with Gasteiger partial charge in [0, 0.05) is 46.6 Å². The smallest absolute Gasteiger partial charge is 0.407 e. The van der Waals surface area contributed by atoms with Crippen LogP contribution < -0.4 is 10.6 Å². The second-order valence-corrected chi connectivity index (χ2v) is 19.0. The average molecular weight is 577 g/mol. The number of hydrogen-bond donors (Lipinski definition) is 3. The van der Waals surface area contributed by atoms with Crippen molar-refractivity contribution >= 4 is 37.1 Å². The fourth-order valence-corrected chi connectivity index (χ4v) is 5.85. The number of methoxy groups -OCH3 is 1. The number of carbonyl (C=O) groups excluding carboxylic acids is 1. The van der Waals surface area contributed by atoms with Gasteiger partial charge in [0.2, 0.25) is 0 Å². The van der Waals surface area contributed by atoms with E-state index in [1.165, 1.54) is 0 Å². The van der Waals surface area contributed by atoms with Crippen LogP contribution in [0, 0.1) is 5.41 Å². The van der Waals surface area contributed by atoms with Gasteiger partial charge in [0.1, 0.15) is 18.1 Å². The zero-order valence-electron chi connectivity index (χ0n) is 25.6. The molecule has 0 bridgehead atoms. The molecule has 2 aromatic rings. The van der Waals surface area contributed by atoms with E-state index in [1.54, 1.807) is 24.4 Å². The second-order valence-electron chi connectivity index (χ2n) is 13.4. The lowest BCUT2D eigenvalue weighted by Gasteiger charge is -2.53. The summed E-state index contributed by atoms with van der Waals surface area (Å²) in [5, 5.41) is 16.3. The molecule has 1 aliphatic heterocycles. The van der Waals surface area contributed by atoms with Crippen LogP contribution in [0.3, 0.4) is 0 Å². The molecule has 0 saturated carbocycles. The van der Waals surface area contributed by atoms with Crippen LogP contribution in [0.1, 0.15) is 57.8 Å². The molecule has 0 aliphatic carbocycles. The number of nitrogens with zero attached hydrogens (tertiary/aromatic N) is 4. The third kappa shape index (κ3) is 7.52. The van der Waals surface area contributed by atoms with E-state index < -0.39 is 19.7 Å². The first-order chi connectivity index (χ1) is 18.6. The molecule has 2 amide bonds. The summed E-state index contributed by atoms with van der Waals surface area (Å²) in [6.45, 7) is 18.8. The monoisotopic (exact) mass is 576 g/mol. The van der Waals surface area contributed by atoms with E-state index in [9.17, 15) is 14.7 Å². The maximum Gasteiger partial charge on any atom is 0.407 e. The van der Waals surface area contributed by atoms with Gasteiger partial charge in [0.25, 0.3) is 5.91 Å². The Morgan fingerprint density at radius 1 is 1.30 bits per heavy atom. The van der Waals surface area contributed by atoms with Crippen molar-refractivity contribution < 1.29 is 24.2 Å². The molecule has 3 N–H and O–H groups in total. The SMILES string of the molecule is COCC(C)NC(=O)c1cn(COCC[Si](C)(C)C)c2ncc(N[C@H]3CCN(C(=O)O)[C@](C)(C(C)(C)C)C3)nc12. The molecule has 3 atom stereocenters. The molecule has 12 heteroatoms. The molecule has 11 nitrogen and oxygen atoms in total. The summed E-state index contributed by atoms with van der Waals surface area (Å²) >= 11 is 0. The van der Waals surface area contributed by atoms with Crippen LogP contribution in [0.4, 0.5) is 10.6 Å². The van der Waals surface area contributed by atoms with Gasteiger partial charge in [-0.05, 0) is 38.1 Å². The van der Waals surface area contributed by atoms with Crippen molar-refractivity contribution in [3.05, 3.63) is 18.0 Å². The summed E-state index contributed by atoms with van der Waals surface area (Å²) in [6, 6.07) is 0.868. The number of fused-ring (bicyclic) bond motifs is 1. The standard InChI is InChI=1S/C28H48N6O5Si/c1-19(17-38-6)30-25(35)21-16-33(18-39-12-13-40(7,8)9)24-23(21)32-22(15-29-24)31-20-10-11-34(26(36)37)28(5,14-20)27(2,3)4/h15-16,19-20H,10-14,17-18H2,1-9H3,(H,30,35)(H,31,32)(H,36,37)/t19?,20-,28-/m0/s1. The molecule has 1 unspecified atom stereocenters. The predicted molar refractivity (Wildman–Crippen MR) is 160 cm³/mol. The maximum atomic E-state index is 13.3. The topological polar surface area (TPSA) is 131 Å². The van der Waals surface area contributed by atoms with Crippen molar-refractivity contribution in [1.29, 1.82) is 0 Å². The highest BCUT2D eigenvalue weighted by Crippen LogP contribution is 2.43. The van der Waals surface area contributed by atoms with Crippen LogP contribution in [0.5, 0.6) is 0 Å². The van der Waals surface area contributed by atoms with Gasteiger partial charge in [-0.1, -0.05) is 40.4 Å². The minimum atomic E-state index is -1.23. The normalized spacial score (nSPS) is 20.9. The van der Waals surface area contributed by atoms with Crippen LogP contribution in [0.25, 0.3) is 11.2 Å². The average Bonchev–Trinajstić information content (AvgIpc) is 3.18. The molecule has 0 spiro atoms. The second kappa shape index (κ2) is 12.4. The quantitative estimate of drug-likeness (QED) is 0.255. The van der Waals surface area contributed by atoms with Gasteiger partial charge in [-0.3, -0.25) is 4.79 Å². The highest BCUT2D eigenvalue weighted by atomic mass is 28.3. The summed E-state index contributed by atoms with van der Waals surface area (Å²) in [4.78, 5) is 36.3. The van der Waals surface area contributed by atoms with Crippen LogP contribution in [-0.2, 0) is 16.2 Å². The number of piperidine rings is 1. The molecule has 1 fully saturated rings. The van der Waals surface area contributed by atoms with Gasteiger partial charge in [0.05, 0.1) is 23.9 Å². The lowest BCUT2D eigenvalue weighted by atomic mass is 9.68. The van der Waals surface area contributed by atoms with E-state index in [4.69, 9.17) is 14.5 Å². The van der Waals surface area contributed by atoms with Crippen LogP contribution >= 0.6 is 0 Å². The predicted octanol–water partition coefficient (Wildman–Crippen LogP) is 4.87. The summed E-state index contributed by atoms with van der Waals surface area (Å²) < 4.78 is 13.0. The van der Waals surface area contributed by atoms with Crippen molar-refractivity contribution in [2.45, 2.75) is 97.5 Å². The fourth-order valence-electron chi connectivity index (χ4n) is 5.09. The lowest BCUT2D eigenvalue weighted by molar-refractivity contribution is -0.0151. The highest BCUT2D eigenvalue weighted by molar-refractivity contribution is 6.76. The van der Waals surface area contributed by atoms with E-state index in [-0.39, 0.29) is 30.1 Å². The van der Waals surface area contributed by atoms with Gasteiger partial charge in [-0.25, -0.2) is 14.8 Å². The summed E-state index contributed by atoms with van der Waals surface area (Å²) in [5.41, 5.74) is 0.651. The number of aromatic nitrogens is 3. The molecule has 1 aliphatic rings. The minimum Gasteiger partial charge on any atom is -0.465 e. The number of amides is 2. The Morgan fingerprint density at radius 3 is 2.60 bits per heavy atom. The van der Waals surface area contributed by atoms with Gasteiger partial charge in [-0.2, -0.15) is 0 Å². The number of hydrogen-bond acceptors (Lipinski definition) is 7.